The van der Waals surface area contributed by atoms with Crippen molar-refractivity contribution in [2.24, 2.45) is 0 Å². The molecule has 0 unspecified atom stereocenters. The zero-order chi connectivity index (χ0) is 23.1. The quantitative estimate of drug-likeness (QED) is 0.471. The van der Waals surface area contributed by atoms with Crippen molar-refractivity contribution in [3.8, 4) is 0 Å². The van der Waals surface area contributed by atoms with Crippen LogP contribution in [0.5, 0.6) is 0 Å². The number of carbonyl (C=O) groups excluding carboxylic acids is 2. The molecule has 0 aliphatic rings. The number of furan rings is 1. The van der Waals surface area contributed by atoms with E-state index in [-0.39, 0.29) is 30.0 Å². The van der Waals surface area contributed by atoms with E-state index in [0.29, 0.717) is 5.69 Å². The second-order valence-electron chi connectivity index (χ2n) is 6.71. The summed E-state index contributed by atoms with van der Waals surface area (Å²) in [6.07, 6.45) is -0.708. The van der Waals surface area contributed by atoms with Gasteiger partial charge in [-0.05, 0) is 36.4 Å². The Morgan fingerprint density at radius 2 is 1.84 bits per heavy atom. The van der Waals surface area contributed by atoms with Crippen molar-refractivity contribution in [1.29, 1.82) is 0 Å². The predicted octanol–water partition coefficient (Wildman–Crippen LogP) is 5.18. The maximum absolute atomic E-state index is 13.6. The van der Waals surface area contributed by atoms with E-state index >= 15 is 0 Å². The molecule has 0 radical (unpaired) electrons. The minimum absolute atomic E-state index is 0.0435. The normalized spacial score (nSPS) is 11.0. The smallest absolute Gasteiger partial charge is 0.418 e. The monoisotopic (exact) mass is 443 g/mol. The summed E-state index contributed by atoms with van der Waals surface area (Å²) in [5.41, 5.74) is -0.552. The summed E-state index contributed by atoms with van der Waals surface area (Å²) in [7, 11) is 0. The highest BCUT2D eigenvalue weighted by atomic mass is 19.4. The van der Waals surface area contributed by atoms with E-state index in [1.165, 1.54) is 41.7 Å². The minimum Gasteiger partial charge on any atom is -0.472 e. The lowest BCUT2D eigenvalue weighted by atomic mass is 10.1. The number of amides is 2. The second-order valence-corrected chi connectivity index (χ2v) is 6.71. The fourth-order valence-electron chi connectivity index (χ4n) is 2.96. The van der Waals surface area contributed by atoms with E-state index in [9.17, 15) is 22.8 Å². The molecule has 0 bridgehead atoms. The van der Waals surface area contributed by atoms with Crippen LogP contribution in [0.1, 0.15) is 15.9 Å². The molecule has 3 aromatic rings. The lowest BCUT2D eigenvalue weighted by molar-refractivity contribution is -0.137. The lowest BCUT2D eigenvalue weighted by Crippen LogP contribution is -2.36. The SMILES string of the molecule is C=CCN(C(=O)CNc1ccc(NC(=O)c2ccoc2)cc1C(F)(F)F)c1ccccc1. The van der Waals surface area contributed by atoms with Crippen LogP contribution in [0.3, 0.4) is 0 Å². The number of carbonyl (C=O) groups is 2. The van der Waals surface area contributed by atoms with Gasteiger partial charge in [-0.2, -0.15) is 13.2 Å². The third kappa shape index (κ3) is 5.57. The highest BCUT2D eigenvalue weighted by Crippen LogP contribution is 2.36. The lowest BCUT2D eigenvalue weighted by Gasteiger charge is -2.22. The standard InChI is InChI=1S/C23H20F3N3O3/c1-2-11-29(18-6-4-3-5-7-18)21(30)14-27-20-9-8-17(13-19(20)23(24,25)26)28-22(31)16-10-12-32-15-16/h2-10,12-13,15,27H,1,11,14H2,(H,28,31). The molecule has 6 nitrogen and oxygen atoms in total. The van der Waals surface area contributed by atoms with Gasteiger partial charge >= 0.3 is 6.18 Å². The summed E-state index contributed by atoms with van der Waals surface area (Å²) in [5, 5.41) is 4.96. The Kier molecular flexibility index (Phi) is 6.99. The van der Waals surface area contributed by atoms with Crippen molar-refractivity contribution in [3.63, 3.8) is 0 Å². The molecule has 0 fully saturated rings. The van der Waals surface area contributed by atoms with E-state index < -0.39 is 23.6 Å². The first-order valence-electron chi connectivity index (χ1n) is 9.54. The van der Waals surface area contributed by atoms with Gasteiger partial charge in [0, 0.05) is 23.6 Å². The second kappa shape index (κ2) is 9.86. The first kappa shape index (κ1) is 22.7. The van der Waals surface area contributed by atoms with Crippen molar-refractivity contribution in [2.75, 3.05) is 28.6 Å². The third-order valence-electron chi connectivity index (χ3n) is 4.48. The van der Waals surface area contributed by atoms with Crippen molar-refractivity contribution in [1.82, 2.24) is 0 Å². The summed E-state index contributed by atoms with van der Waals surface area (Å²) in [4.78, 5) is 26.2. The zero-order valence-corrected chi connectivity index (χ0v) is 16.9. The molecule has 0 aliphatic carbocycles. The maximum atomic E-state index is 13.6. The van der Waals surface area contributed by atoms with Crippen LogP contribution in [0.15, 0.2) is 84.2 Å². The van der Waals surface area contributed by atoms with E-state index in [1.54, 1.807) is 30.3 Å². The number of rotatable bonds is 8. The van der Waals surface area contributed by atoms with Gasteiger partial charge in [-0.1, -0.05) is 24.3 Å². The van der Waals surface area contributed by atoms with Crippen LogP contribution in [0.4, 0.5) is 30.2 Å². The number of para-hydroxylation sites is 1. The molecule has 2 N–H and O–H groups in total. The molecule has 0 spiro atoms. The number of alkyl halides is 3. The zero-order valence-electron chi connectivity index (χ0n) is 16.9. The fraction of sp³-hybridized carbons (Fsp3) is 0.130. The molecule has 0 atom stereocenters. The number of nitrogens with one attached hydrogen (secondary N) is 2. The summed E-state index contributed by atoms with van der Waals surface area (Å²) < 4.78 is 45.7. The van der Waals surface area contributed by atoms with E-state index in [1.807, 2.05) is 0 Å². The third-order valence-corrected chi connectivity index (χ3v) is 4.48. The van der Waals surface area contributed by atoms with Gasteiger partial charge in [0.2, 0.25) is 5.91 Å². The van der Waals surface area contributed by atoms with Crippen LogP contribution >= 0.6 is 0 Å². The molecule has 32 heavy (non-hydrogen) atoms. The Morgan fingerprint density at radius 1 is 1.09 bits per heavy atom. The number of anilines is 3. The van der Waals surface area contributed by atoms with Gasteiger partial charge in [-0.15, -0.1) is 6.58 Å². The molecular weight excluding hydrogens is 423 g/mol. The van der Waals surface area contributed by atoms with E-state index in [4.69, 9.17) is 4.42 Å². The van der Waals surface area contributed by atoms with Crippen LogP contribution in [0.25, 0.3) is 0 Å². The van der Waals surface area contributed by atoms with Crippen LogP contribution in [-0.4, -0.2) is 24.9 Å². The van der Waals surface area contributed by atoms with Gasteiger partial charge in [0.15, 0.2) is 0 Å². The Bertz CT molecular complexity index is 1080. The average molecular weight is 443 g/mol. The number of hydrogen-bond acceptors (Lipinski definition) is 4. The molecule has 2 amide bonds. The van der Waals surface area contributed by atoms with Crippen LogP contribution in [0.2, 0.25) is 0 Å². The highest BCUT2D eigenvalue weighted by Gasteiger charge is 2.34. The van der Waals surface area contributed by atoms with Gasteiger partial charge in [0.05, 0.1) is 23.9 Å². The van der Waals surface area contributed by atoms with Crippen molar-refractivity contribution in [3.05, 3.63) is 90.9 Å². The molecule has 9 heteroatoms. The Morgan fingerprint density at radius 3 is 2.47 bits per heavy atom. The summed E-state index contributed by atoms with van der Waals surface area (Å²) in [6.45, 7) is 3.46. The number of halogens is 3. The molecule has 0 saturated carbocycles. The molecular formula is C23H20F3N3O3. The van der Waals surface area contributed by atoms with Crippen LogP contribution in [0, 0.1) is 0 Å². The Balaban J connectivity index is 1.77. The largest absolute Gasteiger partial charge is 0.472 e. The average Bonchev–Trinajstić information content (AvgIpc) is 3.31. The number of hydrogen-bond donors (Lipinski definition) is 2. The highest BCUT2D eigenvalue weighted by molar-refractivity contribution is 6.04. The summed E-state index contributed by atoms with van der Waals surface area (Å²) in [5.74, 6) is -1.03. The van der Waals surface area contributed by atoms with Crippen molar-refractivity contribution < 1.29 is 27.2 Å². The molecule has 0 saturated heterocycles. The molecule has 3 rings (SSSR count). The Hall–Kier alpha value is -4.01. The fourth-order valence-corrected chi connectivity index (χ4v) is 2.96. The summed E-state index contributed by atoms with van der Waals surface area (Å²) >= 11 is 0. The van der Waals surface area contributed by atoms with Crippen molar-refractivity contribution in [2.45, 2.75) is 6.18 Å². The van der Waals surface area contributed by atoms with E-state index in [0.717, 1.165) is 6.07 Å². The van der Waals surface area contributed by atoms with Gasteiger partial charge in [0.1, 0.15) is 6.26 Å². The van der Waals surface area contributed by atoms with Gasteiger partial charge in [0.25, 0.3) is 5.91 Å². The Labute approximate surface area is 182 Å². The molecule has 2 aromatic carbocycles. The molecule has 166 valence electrons. The van der Waals surface area contributed by atoms with E-state index in [2.05, 4.69) is 17.2 Å². The van der Waals surface area contributed by atoms with Crippen molar-refractivity contribution >= 4 is 28.9 Å². The topological polar surface area (TPSA) is 74.6 Å². The first-order valence-corrected chi connectivity index (χ1v) is 9.54. The maximum Gasteiger partial charge on any atom is 0.418 e. The number of nitrogens with zero attached hydrogens (tertiary/aromatic N) is 1. The molecule has 0 aliphatic heterocycles. The van der Waals surface area contributed by atoms with Gasteiger partial charge < -0.3 is 20.0 Å². The van der Waals surface area contributed by atoms with Crippen LogP contribution in [-0.2, 0) is 11.0 Å². The van der Waals surface area contributed by atoms with Gasteiger partial charge in [-0.25, -0.2) is 0 Å². The summed E-state index contributed by atoms with van der Waals surface area (Å²) in [6, 6.07) is 13.4. The van der Waals surface area contributed by atoms with Gasteiger partial charge in [-0.3, -0.25) is 9.59 Å². The first-order chi connectivity index (χ1) is 15.3. The minimum atomic E-state index is -4.71. The van der Waals surface area contributed by atoms with Crippen LogP contribution < -0.4 is 15.5 Å². The number of benzene rings is 2. The molecule has 1 aromatic heterocycles. The molecule has 1 heterocycles. The predicted molar refractivity (Wildman–Crippen MR) is 116 cm³/mol.